The summed E-state index contributed by atoms with van der Waals surface area (Å²) < 4.78 is 1.76. The lowest BCUT2D eigenvalue weighted by atomic mass is 10.1. The van der Waals surface area contributed by atoms with E-state index in [1.54, 1.807) is 4.68 Å². The summed E-state index contributed by atoms with van der Waals surface area (Å²) in [4.78, 5) is 15.1. The molecule has 1 N–H and O–H groups in total. The van der Waals surface area contributed by atoms with Gasteiger partial charge in [0.1, 0.15) is 0 Å². The molecule has 2 heterocycles. The van der Waals surface area contributed by atoms with E-state index in [9.17, 15) is 4.79 Å². The molecular formula is C22H24N4O. The number of rotatable bonds is 5. The summed E-state index contributed by atoms with van der Waals surface area (Å²) in [6.07, 6.45) is 4.58. The molecule has 5 heteroatoms. The van der Waals surface area contributed by atoms with E-state index in [1.165, 1.54) is 11.1 Å². The number of carbonyl (C=O) groups is 1. The molecular weight excluding hydrogens is 336 g/mol. The van der Waals surface area contributed by atoms with Crippen LogP contribution in [0.2, 0.25) is 0 Å². The zero-order valence-electron chi connectivity index (χ0n) is 15.7. The van der Waals surface area contributed by atoms with E-state index in [4.69, 9.17) is 0 Å². The second-order valence-corrected chi connectivity index (χ2v) is 7.06. The zero-order valence-corrected chi connectivity index (χ0v) is 15.7. The van der Waals surface area contributed by atoms with Gasteiger partial charge in [-0.25, -0.2) is 0 Å². The van der Waals surface area contributed by atoms with Crippen LogP contribution < -0.4 is 10.2 Å². The van der Waals surface area contributed by atoms with Crippen LogP contribution in [0.25, 0.3) is 0 Å². The second kappa shape index (κ2) is 7.27. The topological polar surface area (TPSA) is 50.2 Å². The Hall–Kier alpha value is -3.08. The van der Waals surface area contributed by atoms with Gasteiger partial charge in [-0.3, -0.25) is 9.48 Å². The van der Waals surface area contributed by atoms with Gasteiger partial charge in [0.05, 0.1) is 12.2 Å². The zero-order chi connectivity index (χ0) is 18.8. The monoisotopic (exact) mass is 360 g/mol. The first-order valence-corrected chi connectivity index (χ1v) is 9.35. The Morgan fingerprint density at radius 2 is 1.89 bits per heavy atom. The smallest absolute Gasteiger partial charge is 0.251 e. The number of aromatic nitrogens is 2. The molecule has 1 atom stereocenters. The summed E-state index contributed by atoms with van der Waals surface area (Å²) in [7, 11) is 1.88. The third-order valence-electron chi connectivity index (χ3n) is 5.16. The van der Waals surface area contributed by atoms with Crippen molar-refractivity contribution in [1.29, 1.82) is 0 Å². The highest BCUT2D eigenvalue weighted by Crippen LogP contribution is 2.28. The molecule has 1 aliphatic rings. The van der Waals surface area contributed by atoms with Gasteiger partial charge in [0.2, 0.25) is 0 Å². The molecule has 0 aliphatic carbocycles. The molecule has 1 aliphatic heterocycles. The van der Waals surface area contributed by atoms with E-state index >= 15 is 0 Å². The molecule has 3 aromatic rings. The Morgan fingerprint density at radius 3 is 2.52 bits per heavy atom. The van der Waals surface area contributed by atoms with E-state index in [1.807, 2.05) is 37.6 Å². The van der Waals surface area contributed by atoms with Gasteiger partial charge in [-0.15, -0.1) is 0 Å². The summed E-state index contributed by atoms with van der Waals surface area (Å²) in [5, 5.41) is 7.35. The number of benzene rings is 2. The van der Waals surface area contributed by atoms with Crippen LogP contribution in [0.5, 0.6) is 0 Å². The van der Waals surface area contributed by atoms with Crippen molar-refractivity contribution in [3.05, 3.63) is 83.2 Å². The molecule has 4 rings (SSSR count). The van der Waals surface area contributed by atoms with Crippen LogP contribution in [0.15, 0.2) is 60.9 Å². The number of anilines is 1. The predicted octanol–water partition coefficient (Wildman–Crippen LogP) is 3.82. The van der Waals surface area contributed by atoms with Crippen LogP contribution >= 0.6 is 0 Å². The van der Waals surface area contributed by atoms with Gasteiger partial charge in [0, 0.05) is 43.1 Å². The van der Waals surface area contributed by atoms with E-state index in [2.05, 4.69) is 52.6 Å². The van der Waals surface area contributed by atoms with E-state index in [0.717, 1.165) is 30.8 Å². The number of amides is 1. The maximum Gasteiger partial charge on any atom is 0.251 e. The van der Waals surface area contributed by atoms with Crippen LogP contribution in [0.3, 0.4) is 0 Å². The minimum Gasteiger partial charge on any atom is -0.363 e. The Balaban J connectivity index is 1.50. The third-order valence-corrected chi connectivity index (χ3v) is 5.16. The first-order valence-electron chi connectivity index (χ1n) is 9.35. The minimum atomic E-state index is -0.0516. The van der Waals surface area contributed by atoms with Crippen LogP contribution in [0.1, 0.15) is 46.4 Å². The van der Waals surface area contributed by atoms with E-state index in [0.29, 0.717) is 5.56 Å². The van der Waals surface area contributed by atoms with Gasteiger partial charge in [0.15, 0.2) is 0 Å². The van der Waals surface area contributed by atoms with Crippen LogP contribution in [0, 0.1) is 0 Å². The normalized spacial score (nSPS) is 14.1. The van der Waals surface area contributed by atoms with Crippen LogP contribution in [-0.2, 0) is 20.1 Å². The van der Waals surface area contributed by atoms with Gasteiger partial charge >= 0.3 is 0 Å². The summed E-state index contributed by atoms with van der Waals surface area (Å²) in [6.45, 7) is 3.83. The number of fused-ring (bicyclic) bond motifs is 1. The van der Waals surface area contributed by atoms with Crippen molar-refractivity contribution in [2.75, 3.05) is 4.90 Å². The quantitative estimate of drug-likeness (QED) is 0.752. The highest BCUT2D eigenvalue weighted by atomic mass is 16.1. The predicted molar refractivity (Wildman–Crippen MR) is 106 cm³/mol. The lowest BCUT2D eigenvalue weighted by molar-refractivity contribution is 0.0935. The van der Waals surface area contributed by atoms with Gasteiger partial charge in [-0.2, -0.15) is 5.10 Å². The Labute approximate surface area is 159 Å². The van der Waals surface area contributed by atoms with Crippen molar-refractivity contribution in [1.82, 2.24) is 15.1 Å². The molecule has 0 fully saturated rings. The minimum absolute atomic E-state index is 0.0362. The summed E-state index contributed by atoms with van der Waals surface area (Å²) in [6, 6.07) is 16.3. The molecule has 0 bridgehead atoms. The molecule has 138 valence electrons. The highest BCUT2D eigenvalue weighted by Gasteiger charge is 2.20. The molecule has 5 nitrogen and oxygen atoms in total. The number of nitrogens with zero attached hydrogens (tertiary/aromatic N) is 3. The van der Waals surface area contributed by atoms with Gasteiger partial charge in [0.25, 0.3) is 5.91 Å². The number of carbonyl (C=O) groups excluding carboxylic acids is 1. The molecule has 1 unspecified atom stereocenters. The van der Waals surface area contributed by atoms with Crippen molar-refractivity contribution in [3.63, 3.8) is 0 Å². The standard InChI is InChI=1S/C22H24N4O/c1-3-21(19-12-23-25(2)13-19)24-22(27)16-9-6-10-20(11-16)26-14-17-7-4-5-8-18(17)15-26/h4-13,21H,3,14-15H2,1-2H3,(H,24,27). The van der Waals surface area contributed by atoms with Crippen LogP contribution in [0.4, 0.5) is 5.69 Å². The molecule has 0 saturated heterocycles. The number of hydrogen-bond acceptors (Lipinski definition) is 3. The first-order chi connectivity index (χ1) is 13.1. The SMILES string of the molecule is CCC(NC(=O)c1cccc(N2Cc3ccccc3C2)c1)c1cnn(C)c1. The number of aryl methyl sites for hydroxylation is 1. The Kier molecular flexibility index (Phi) is 4.67. The van der Waals surface area contributed by atoms with Crippen molar-refractivity contribution in [2.24, 2.45) is 7.05 Å². The average molecular weight is 360 g/mol. The fourth-order valence-electron chi connectivity index (χ4n) is 3.64. The molecule has 2 aromatic carbocycles. The summed E-state index contributed by atoms with van der Waals surface area (Å²) >= 11 is 0. The van der Waals surface area contributed by atoms with Crippen molar-refractivity contribution in [3.8, 4) is 0 Å². The molecule has 1 amide bonds. The average Bonchev–Trinajstić information content (AvgIpc) is 3.32. The van der Waals surface area contributed by atoms with Crippen molar-refractivity contribution in [2.45, 2.75) is 32.5 Å². The number of hydrogen-bond donors (Lipinski definition) is 1. The summed E-state index contributed by atoms with van der Waals surface area (Å²) in [5.74, 6) is -0.0516. The van der Waals surface area contributed by atoms with Crippen LogP contribution in [-0.4, -0.2) is 15.7 Å². The fourth-order valence-corrected chi connectivity index (χ4v) is 3.64. The highest BCUT2D eigenvalue weighted by molar-refractivity contribution is 5.95. The van der Waals surface area contributed by atoms with Gasteiger partial charge in [-0.1, -0.05) is 37.3 Å². The number of nitrogens with one attached hydrogen (secondary N) is 1. The van der Waals surface area contributed by atoms with Gasteiger partial charge < -0.3 is 10.2 Å². The third kappa shape index (κ3) is 3.58. The molecule has 0 saturated carbocycles. The molecule has 0 radical (unpaired) electrons. The van der Waals surface area contributed by atoms with Gasteiger partial charge in [-0.05, 0) is 35.7 Å². The first kappa shape index (κ1) is 17.3. The molecule has 27 heavy (non-hydrogen) atoms. The van der Waals surface area contributed by atoms with E-state index < -0.39 is 0 Å². The Morgan fingerprint density at radius 1 is 1.15 bits per heavy atom. The maximum atomic E-state index is 12.8. The van der Waals surface area contributed by atoms with Crippen molar-refractivity contribution < 1.29 is 4.79 Å². The van der Waals surface area contributed by atoms with E-state index in [-0.39, 0.29) is 11.9 Å². The lowest BCUT2D eigenvalue weighted by Crippen LogP contribution is -2.28. The van der Waals surface area contributed by atoms with Crippen molar-refractivity contribution >= 4 is 11.6 Å². The lowest BCUT2D eigenvalue weighted by Gasteiger charge is -2.19. The largest absolute Gasteiger partial charge is 0.363 e. The second-order valence-electron chi connectivity index (χ2n) is 7.06. The molecule has 1 aromatic heterocycles. The fraction of sp³-hybridized carbons (Fsp3) is 0.273. The Bertz CT molecular complexity index is 937. The summed E-state index contributed by atoms with van der Waals surface area (Å²) in [5.41, 5.74) is 5.50. The molecule has 0 spiro atoms. The maximum absolute atomic E-state index is 12.8.